The Balaban J connectivity index is 3.55. The molecule has 0 saturated heterocycles. The molecule has 1 rings (SSSR count). The van der Waals surface area contributed by atoms with Gasteiger partial charge in [-0.05, 0) is 19.1 Å². The molecule has 0 N–H and O–H groups in total. The summed E-state index contributed by atoms with van der Waals surface area (Å²) in [5.74, 6) is -2.67. The molecule has 0 aliphatic rings. The number of halogens is 6. The first-order chi connectivity index (χ1) is 7.64. The van der Waals surface area contributed by atoms with E-state index in [1.54, 1.807) is 0 Å². The first-order valence-electron chi connectivity index (χ1n) is 4.34. The first kappa shape index (κ1) is 13.5. The zero-order chi connectivity index (χ0) is 13.4. The number of carbonyl (C=O) groups is 1. The molecule has 1 aromatic carbocycles. The van der Waals surface area contributed by atoms with Gasteiger partial charge in [-0.15, -0.1) is 0 Å². The Morgan fingerprint density at radius 2 is 1.76 bits per heavy atom. The van der Waals surface area contributed by atoms with Crippen LogP contribution in [0.4, 0.5) is 26.3 Å². The molecule has 1 nitrogen and oxygen atoms in total. The Labute approximate surface area is 92.0 Å². The van der Waals surface area contributed by atoms with Gasteiger partial charge in [0.1, 0.15) is 11.4 Å². The average Bonchev–Trinajstić information content (AvgIpc) is 2.13. The molecule has 0 fully saturated rings. The van der Waals surface area contributed by atoms with E-state index in [0.717, 1.165) is 6.92 Å². The van der Waals surface area contributed by atoms with Gasteiger partial charge in [-0.3, -0.25) is 4.79 Å². The average molecular weight is 256 g/mol. The van der Waals surface area contributed by atoms with E-state index in [0.29, 0.717) is 12.1 Å². The monoisotopic (exact) mass is 256 g/mol. The normalized spacial score (nSPS) is 12.0. The summed E-state index contributed by atoms with van der Waals surface area (Å²) in [6.45, 7) is 0.942. The molecule has 0 aliphatic heterocycles. The van der Waals surface area contributed by atoms with Crippen molar-refractivity contribution in [3.05, 3.63) is 34.6 Å². The van der Waals surface area contributed by atoms with Crippen LogP contribution in [0.3, 0.4) is 0 Å². The maximum absolute atomic E-state index is 13.1. The highest BCUT2D eigenvalue weighted by Gasteiger charge is 2.39. The fraction of sp³-hybridized carbons (Fsp3) is 0.300. The summed E-state index contributed by atoms with van der Waals surface area (Å²) in [4.78, 5) is 10.8. The number of ketones is 1. The summed E-state index contributed by atoms with van der Waals surface area (Å²) in [7, 11) is 0. The number of carbonyl (C=O) groups excluding carboxylic acids is 1. The second-order valence-electron chi connectivity index (χ2n) is 3.28. The lowest BCUT2D eigenvalue weighted by Gasteiger charge is -2.14. The number of rotatable bonds is 2. The van der Waals surface area contributed by atoms with Crippen molar-refractivity contribution in [3.8, 4) is 0 Å². The van der Waals surface area contributed by atoms with Crippen LogP contribution in [0.1, 0.15) is 34.8 Å². The van der Waals surface area contributed by atoms with Crippen molar-refractivity contribution in [2.75, 3.05) is 0 Å². The van der Waals surface area contributed by atoms with Crippen LogP contribution in [-0.4, -0.2) is 5.78 Å². The maximum atomic E-state index is 13.1. The smallest absolute Gasteiger partial charge is 0.295 e. The topological polar surface area (TPSA) is 17.1 Å². The summed E-state index contributed by atoms with van der Waals surface area (Å²) in [6.07, 6.45) is -8.74. The SMILES string of the molecule is CC(=O)c1cc(F)c(C(F)(F)F)c(C(F)F)c1. The molecule has 94 valence electrons. The van der Waals surface area contributed by atoms with Crippen LogP contribution in [0.15, 0.2) is 12.1 Å². The predicted molar refractivity (Wildman–Crippen MR) is 46.4 cm³/mol. The molecule has 0 aromatic heterocycles. The Hall–Kier alpha value is -1.53. The van der Waals surface area contributed by atoms with Gasteiger partial charge in [0.2, 0.25) is 0 Å². The molecule has 0 aliphatic carbocycles. The van der Waals surface area contributed by atoms with Gasteiger partial charge in [-0.1, -0.05) is 0 Å². The van der Waals surface area contributed by atoms with Crippen LogP contribution >= 0.6 is 0 Å². The zero-order valence-corrected chi connectivity index (χ0v) is 8.41. The van der Waals surface area contributed by atoms with E-state index in [-0.39, 0.29) is 0 Å². The van der Waals surface area contributed by atoms with Gasteiger partial charge in [-0.2, -0.15) is 13.2 Å². The van der Waals surface area contributed by atoms with Gasteiger partial charge >= 0.3 is 6.18 Å². The lowest BCUT2D eigenvalue weighted by atomic mass is 10.0. The highest BCUT2D eigenvalue weighted by atomic mass is 19.4. The molecule has 0 amide bonds. The van der Waals surface area contributed by atoms with Crippen molar-refractivity contribution < 1.29 is 31.1 Å². The summed E-state index contributed by atoms with van der Waals surface area (Å²) in [5, 5.41) is 0. The highest BCUT2D eigenvalue weighted by Crippen LogP contribution is 2.38. The second-order valence-corrected chi connectivity index (χ2v) is 3.28. The Bertz CT molecular complexity index is 449. The van der Waals surface area contributed by atoms with Crippen molar-refractivity contribution in [2.45, 2.75) is 19.5 Å². The molecular weight excluding hydrogens is 250 g/mol. The van der Waals surface area contributed by atoms with E-state index in [9.17, 15) is 31.1 Å². The summed E-state index contributed by atoms with van der Waals surface area (Å²) >= 11 is 0. The predicted octanol–water partition coefficient (Wildman–Crippen LogP) is 3.98. The van der Waals surface area contributed by atoms with Crippen LogP contribution < -0.4 is 0 Å². The standard InChI is InChI=1S/C10H6F6O/c1-4(17)5-2-6(9(12)13)8(7(11)3-5)10(14,15)16/h2-3,9H,1H3. The van der Waals surface area contributed by atoms with Crippen molar-refractivity contribution in [3.63, 3.8) is 0 Å². The molecule has 17 heavy (non-hydrogen) atoms. The summed E-state index contributed by atoms with van der Waals surface area (Å²) in [6, 6.07) is 0.663. The summed E-state index contributed by atoms with van der Waals surface area (Å²) < 4.78 is 75.0. The van der Waals surface area contributed by atoms with Crippen molar-refractivity contribution in [1.82, 2.24) is 0 Å². The lowest BCUT2D eigenvalue weighted by Crippen LogP contribution is -2.14. The fourth-order valence-electron chi connectivity index (χ4n) is 1.30. The van der Waals surface area contributed by atoms with E-state index in [2.05, 4.69) is 0 Å². The van der Waals surface area contributed by atoms with Crippen LogP contribution in [-0.2, 0) is 6.18 Å². The third-order valence-corrected chi connectivity index (χ3v) is 2.05. The van der Waals surface area contributed by atoms with E-state index >= 15 is 0 Å². The molecule has 7 heteroatoms. The second kappa shape index (κ2) is 4.38. The van der Waals surface area contributed by atoms with E-state index in [4.69, 9.17) is 0 Å². The molecule has 0 atom stereocenters. The van der Waals surface area contributed by atoms with Crippen LogP contribution in [0.5, 0.6) is 0 Å². The third-order valence-electron chi connectivity index (χ3n) is 2.05. The number of hydrogen-bond acceptors (Lipinski definition) is 1. The Kier molecular flexibility index (Phi) is 3.49. The van der Waals surface area contributed by atoms with Crippen molar-refractivity contribution in [1.29, 1.82) is 0 Å². The van der Waals surface area contributed by atoms with Gasteiger partial charge in [0.25, 0.3) is 6.43 Å². The van der Waals surface area contributed by atoms with Crippen LogP contribution in [0, 0.1) is 5.82 Å². The Morgan fingerprint density at radius 1 is 1.24 bits per heavy atom. The van der Waals surface area contributed by atoms with Crippen LogP contribution in [0.2, 0.25) is 0 Å². The van der Waals surface area contributed by atoms with Crippen LogP contribution in [0.25, 0.3) is 0 Å². The maximum Gasteiger partial charge on any atom is 0.419 e. The lowest BCUT2D eigenvalue weighted by molar-refractivity contribution is -0.142. The minimum absolute atomic E-state index is 0.303. The minimum atomic E-state index is -5.23. The van der Waals surface area contributed by atoms with Gasteiger partial charge in [0.15, 0.2) is 5.78 Å². The molecule has 0 unspecified atom stereocenters. The molecule has 1 aromatic rings. The molecule has 0 spiro atoms. The van der Waals surface area contributed by atoms with E-state index in [1.807, 2.05) is 0 Å². The fourth-order valence-corrected chi connectivity index (χ4v) is 1.30. The Morgan fingerprint density at radius 3 is 2.12 bits per heavy atom. The molecule has 0 bridgehead atoms. The minimum Gasteiger partial charge on any atom is -0.295 e. The highest BCUT2D eigenvalue weighted by molar-refractivity contribution is 5.94. The number of benzene rings is 1. The quantitative estimate of drug-likeness (QED) is 0.577. The number of hydrogen-bond donors (Lipinski definition) is 0. The molecule has 0 heterocycles. The first-order valence-corrected chi connectivity index (χ1v) is 4.34. The molecule has 0 radical (unpaired) electrons. The van der Waals surface area contributed by atoms with E-state index < -0.39 is 40.9 Å². The van der Waals surface area contributed by atoms with Gasteiger partial charge in [0, 0.05) is 11.1 Å². The largest absolute Gasteiger partial charge is 0.419 e. The molecule has 0 saturated carbocycles. The number of alkyl halides is 5. The summed E-state index contributed by atoms with van der Waals surface area (Å²) in [5.41, 5.74) is -4.08. The number of Topliss-reactive ketones (excluding diaryl/α,β-unsaturated/α-hetero) is 1. The third kappa shape index (κ3) is 2.78. The van der Waals surface area contributed by atoms with E-state index in [1.165, 1.54) is 0 Å². The van der Waals surface area contributed by atoms with Crippen molar-refractivity contribution in [2.24, 2.45) is 0 Å². The van der Waals surface area contributed by atoms with Gasteiger partial charge in [-0.25, -0.2) is 13.2 Å². The zero-order valence-electron chi connectivity index (χ0n) is 8.41. The molecular formula is C10H6F6O. The van der Waals surface area contributed by atoms with Gasteiger partial charge < -0.3 is 0 Å². The van der Waals surface area contributed by atoms with Gasteiger partial charge in [0.05, 0.1) is 0 Å². The van der Waals surface area contributed by atoms with Crippen molar-refractivity contribution >= 4 is 5.78 Å².